The maximum atomic E-state index is 14.0. The van der Waals surface area contributed by atoms with Crippen LogP contribution in [0.25, 0.3) is 11.1 Å². The summed E-state index contributed by atoms with van der Waals surface area (Å²) in [5.74, 6) is -0.176. The van der Waals surface area contributed by atoms with E-state index >= 15 is 0 Å². The molecule has 1 amide bonds. The molecule has 36 heavy (non-hydrogen) atoms. The molecule has 3 aromatic rings. The molecule has 2 aromatic heterocycles. The van der Waals surface area contributed by atoms with Crippen LogP contribution in [0.1, 0.15) is 38.0 Å². The number of pyridine rings is 1. The second-order valence-corrected chi connectivity index (χ2v) is 9.71. The molecule has 0 bridgehead atoms. The molecule has 0 radical (unpaired) electrons. The molecule has 0 saturated heterocycles. The van der Waals surface area contributed by atoms with Crippen molar-refractivity contribution < 1.29 is 13.9 Å². The van der Waals surface area contributed by atoms with E-state index in [1.165, 1.54) is 12.1 Å². The van der Waals surface area contributed by atoms with Gasteiger partial charge in [0, 0.05) is 47.7 Å². The number of halogens is 3. The van der Waals surface area contributed by atoms with Gasteiger partial charge in [-0.1, -0.05) is 23.2 Å². The number of hydrogen-bond acceptors (Lipinski definition) is 6. The van der Waals surface area contributed by atoms with Crippen molar-refractivity contribution in [1.29, 1.82) is 0 Å². The van der Waals surface area contributed by atoms with Gasteiger partial charge in [-0.25, -0.2) is 9.37 Å². The summed E-state index contributed by atoms with van der Waals surface area (Å²) in [7, 11) is 5.81. The summed E-state index contributed by atoms with van der Waals surface area (Å²) in [5.41, 5.74) is 7.77. The van der Waals surface area contributed by atoms with Gasteiger partial charge < -0.3 is 20.3 Å². The summed E-state index contributed by atoms with van der Waals surface area (Å²) >= 11 is 12.3. The molecule has 194 valence electrons. The van der Waals surface area contributed by atoms with Crippen molar-refractivity contribution in [1.82, 2.24) is 24.6 Å². The van der Waals surface area contributed by atoms with E-state index in [0.29, 0.717) is 17.7 Å². The van der Waals surface area contributed by atoms with Gasteiger partial charge in [0.05, 0.1) is 11.2 Å². The largest absolute Gasteiger partial charge is 0.482 e. The van der Waals surface area contributed by atoms with Crippen LogP contribution in [0.5, 0.6) is 5.75 Å². The molecule has 8 nitrogen and oxygen atoms in total. The number of carbonyl (C=O) groups is 1. The Balaban J connectivity index is 1.76. The van der Waals surface area contributed by atoms with E-state index in [-0.39, 0.29) is 27.5 Å². The minimum absolute atomic E-state index is 0.0273. The predicted octanol–water partition coefficient (Wildman–Crippen LogP) is 5.08. The highest BCUT2D eigenvalue weighted by atomic mass is 35.5. The van der Waals surface area contributed by atoms with E-state index < -0.39 is 18.0 Å². The van der Waals surface area contributed by atoms with Crippen LogP contribution in [0, 0.1) is 5.82 Å². The highest BCUT2D eigenvalue weighted by Crippen LogP contribution is 2.37. The number of nitrogens with zero attached hydrogens (tertiary/aromatic N) is 5. The van der Waals surface area contributed by atoms with Crippen LogP contribution in [-0.4, -0.2) is 64.7 Å². The van der Waals surface area contributed by atoms with Gasteiger partial charge in [0.15, 0.2) is 11.6 Å². The molecule has 1 aromatic carbocycles. The van der Waals surface area contributed by atoms with Gasteiger partial charge >= 0.3 is 0 Å². The SMILES string of the molecule is CC(Oc1cc(-c2cnn([C@H](C)C(=O)N(C)CCCN(C)C)c2)cnc1N)c1c(Cl)ccc(F)c1Cl. The molecular formula is C25H31Cl2FN6O2. The zero-order chi connectivity index (χ0) is 26.6. The number of aromatic nitrogens is 3. The lowest BCUT2D eigenvalue weighted by Gasteiger charge is -2.22. The number of anilines is 1. The van der Waals surface area contributed by atoms with Crippen molar-refractivity contribution in [3.8, 4) is 16.9 Å². The van der Waals surface area contributed by atoms with Crippen molar-refractivity contribution in [2.45, 2.75) is 32.4 Å². The third kappa shape index (κ3) is 6.46. The Morgan fingerprint density at radius 3 is 2.58 bits per heavy atom. The van der Waals surface area contributed by atoms with Crippen LogP contribution < -0.4 is 10.5 Å². The van der Waals surface area contributed by atoms with Crippen molar-refractivity contribution in [2.75, 3.05) is 40.0 Å². The highest BCUT2D eigenvalue weighted by molar-refractivity contribution is 6.36. The first kappa shape index (κ1) is 27.7. The fraction of sp³-hybridized carbons (Fsp3) is 0.400. The Morgan fingerprint density at radius 1 is 1.17 bits per heavy atom. The maximum Gasteiger partial charge on any atom is 0.246 e. The van der Waals surface area contributed by atoms with Crippen LogP contribution in [0.3, 0.4) is 0 Å². The average molecular weight is 537 g/mol. The summed E-state index contributed by atoms with van der Waals surface area (Å²) in [4.78, 5) is 20.9. The van der Waals surface area contributed by atoms with Gasteiger partial charge in [-0.2, -0.15) is 5.10 Å². The number of carbonyl (C=O) groups excluding carboxylic acids is 1. The fourth-order valence-electron chi connectivity index (χ4n) is 3.74. The topological polar surface area (TPSA) is 89.5 Å². The standard InChI is InChI=1S/C25H31Cl2FN6O2/c1-15(25(35)33(5)10-6-9-32(3)4)34-14-18(13-31-34)17-11-21(24(29)30-12-17)36-16(2)22-19(26)7-8-20(28)23(22)27/h7-8,11-16H,6,9-10H2,1-5H3,(H2,29,30)/t15-,16?/m1/s1. The molecule has 0 spiro atoms. The van der Waals surface area contributed by atoms with E-state index in [1.807, 2.05) is 21.0 Å². The van der Waals surface area contributed by atoms with Crippen LogP contribution in [0.2, 0.25) is 10.0 Å². The Labute approximate surface area is 220 Å². The van der Waals surface area contributed by atoms with E-state index in [9.17, 15) is 9.18 Å². The smallest absolute Gasteiger partial charge is 0.246 e. The van der Waals surface area contributed by atoms with Gasteiger partial charge in [-0.3, -0.25) is 9.48 Å². The number of rotatable bonds is 10. The van der Waals surface area contributed by atoms with Crippen molar-refractivity contribution in [2.24, 2.45) is 0 Å². The fourth-order valence-corrected chi connectivity index (χ4v) is 4.42. The molecule has 2 N–H and O–H groups in total. The lowest BCUT2D eigenvalue weighted by atomic mass is 10.1. The molecule has 2 heterocycles. The first-order chi connectivity index (χ1) is 17.0. The Morgan fingerprint density at radius 2 is 1.89 bits per heavy atom. The van der Waals surface area contributed by atoms with E-state index in [0.717, 1.165) is 18.5 Å². The number of ether oxygens (including phenoxy) is 1. The average Bonchev–Trinajstić information content (AvgIpc) is 3.32. The molecule has 1 unspecified atom stereocenters. The van der Waals surface area contributed by atoms with Gasteiger partial charge in [0.25, 0.3) is 0 Å². The third-order valence-electron chi connectivity index (χ3n) is 5.84. The number of benzene rings is 1. The normalized spacial score (nSPS) is 13.0. The monoisotopic (exact) mass is 536 g/mol. The number of amides is 1. The van der Waals surface area contributed by atoms with Crippen LogP contribution in [0.4, 0.5) is 10.2 Å². The minimum Gasteiger partial charge on any atom is -0.482 e. The minimum atomic E-state index is -0.691. The van der Waals surface area contributed by atoms with Gasteiger partial charge in [0.1, 0.15) is 18.0 Å². The van der Waals surface area contributed by atoms with Gasteiger partial charge in [-0.15, -0.1) is 0 Å². The number of likely N-dealkylation sites (N-methyl/N-ethyl adjacent to an activating group) is 1. The quantitative estimate of drug-likeness (QED) is 0.363. The van der Waals surface area contributed by atoms with Crippen molar-refractivity contribution in [3.63, 3.8) is 0 Å². The molecule has 0 saturated carbocycles. The summed E-state index contributed by atoms with van der Waals surface area (Å²) < 4.78 is 21.6. The molecular weight excluding hydrogens is 506 g/mol. The second kappa shape index (κ2) is 11.9. The summed E-state index contributed by atoms with van der Waals surface area (Å²) in [5, 5.41) is 4.56. The molecule has 2 atom stereocenters. The van der Waals surface area contributed by atoms with E-state index in [4.69, 9.17) is 33.7 Å². The summed E-state index contributed by atoms with van der Waals surface area (Å²) in [6.07, 6.45) is 5.21. The van der Waals surface area contributed by atoms with E-state index in [1.54, 1.807) is 48.2 Å². The first-order valence-electron chi connectivity index (χ1n) is 11.5. The molecule has 3 rings (SSSR count). The molecule has 0 aliphatic carbocycles. The molecule has 11 heteroatoms. The lowest BCUT2D eigenvalue weighted by molar-refractivity contribution is -0.133. The lowest BCUT2D eigenvalue weighted by Crippen LogP contribution is -2.35. The Kier molecular flexibility index (Phi) is 9.16. The van der Waals surface area contributed by atoms with Crippen molar-refractivity contribution >= 4 is 34.9 Å². The number of hydrogen-bond donors (Lipinski definition) is 1. The van der Waals surface area contributed by atoms with Crippen LogP contribution in [0.15, 0.2) is 36.8 Å². The third-order valence-corrected chi connectivity index (χ3v) is 6.55. The Hall–Kier alpha value is -2.88. The molecule has 0 aliphatic rings. The number of nitrogens with two attached hydrogens (primary N) is 1. The molecule has 0 aliphatic heterocycles. The Bertz CT molecular complexity index is 1220. The maximum absolute atomic E-state index is 14.0. The second-order valence-electron chi connectivity index (χ2n) is 8.93. The molecule has 0 fully saturated rings. The van der Waals surface area contributed by atoms with Crippen molar-refractivity contribution in [3.05, 3.63) is 58.2 Å². The van der Waals surface area contributed by atoms with Gasteiger partial charge in [0.2, 0.25) is 5.91 Å². The number of nitrogen functional groups attached to an aromatic ring is 1. The predicted molar refractivity (Wildman–Crippen MR) is 141 cm³/mol. The summed E-state index contributed by atoms with van der Waals surface area (Å²) in [6, 6.07) is 3.86. The van der Waals surface area contributed by atoms with Gasteiger partial charge in [-0.05, 0) is 59.1 Å². The van der Waals surface area contributed by atoms with Crippen LogP contribution in [-0.2, 0) is 4.79 Å². The first-order valence-corrected chi connectivity index (χ1v) is 12.2. The van der Waals surface area contributed by atoms with E-state index in [2.05, 4.69) is 15.0 Å². The summed E-state index contributed by atoms with van der Waals surface area (Å²) in [6.45, 7) is 5.07. The zero-order valence-corrected chi connectivity index (χ0v) is 22.5. The zero-order valence-electron chi connectivity index (χ0n) is 21.0. The van der Waals surface area contributed by atoms with Crippen LogP contribution >= 0.6 is 23.2 Å². The highest BCUT2D eigenvalue weighted by Gasteiger charge is 2.22.